The number of rotatable bonds is 5. The van der Waals surface area contributed by atoms with E-state index in [0.717, 1.165) is 12.5 Å². The van der Waals surface area contributed by atoms with Gasteiger partial charge < -0.3 is 10.5 Å². The minimum atomic E-state index is -3.87. The molecule has 0 amide bonds. The van der Waals surface area contributed by atoms with Crippen LogP contribution < -0.4 is 5.73 Å². The molecule has 20 heavy (non-hydrogen) atoms. The number of hydrogen-bond donors (Lipinski definition) is 1. The lowest BCUT2D eigenvalue weighted by molar-refractivity contribution is 0.180. The maximum absolute atomic E-state index is 13.8. The second-order valence-electron chi connectivity index (χ2n) is 4.88. The van der Waals surface area contributed by atoms with Crippen LogP contribution in [0.15, 0.2) is 23.1 Å². The molecule has 5 nitrogen and oxygen atoms in total. The van der Waals surface area contributed by atoms with Gasteiger partial charge in [0.2, 0.25) is 10.0 Å². The number of nitrogens with two attached hydrogens (primary N) is 1. The van der Waals surface area contributed by atoms with E-state index in [1.165, 1.54) is 16.4 Å². The Hall–Kier alpha value is -1.18. The van der Waals surface area contributed by atoms with Crippen LogP contribution in [0.4, 0.5) is 10.1 Å². The lowest BCUT2D eigenvalue weighted by Gasteiger charge is -2.23. The first kappa shape index (κ1) is 15.2. The zero-order valence-corrected chi connectivity index (χ0v) is 12.2. The third-order valence-corrected chi connectivity index (χ3v) is 5.37. The monoisotopic (exact) mass is 302 g/mol. The molecule has 1 aliphatic heterocycles. The van der Waals surface area contributed by atoms with E-state index in [1.807, 2.05) is 0 Å². The SMILES string of the molecule is CCN(CC1CCOC1)S(=O)(=O)c1cc(N)ccc1F. The van der Waals surface area contributed by atoms with E-state index < -0.39 is 15.8 Å². The summed E-state index contributed by atoms with van der Waals surface area (Å²) >= 11 is 0. The molecule has 0 aliphatic carbocycles. The molecule has 1 atom stereocenters. The quantitative estimate of drug-likeness (QED) is 0.836. The van der Waals surface area contributed by atoms with Crippen LogP contribution in [0.5, 0.6) is 0 Å². The minimum absolute atomic E-state index is 0.161. The summed E-state index contributed by atoms with van der Waals surface area (Å²) in [5, 5.41) is 0. The van der Waals surface area contributed by atoms with Crippen molar-refractivity contribution in [1.82, 2.24) is 4.31 Å². The van der Waals surface area contributed by atoms with E-state index >= 15 is 0 Å². The molecule has 0 spiro atoms. The Balaban J connectivity index is 2.28. The van der Waals surface area contributed by atoms with Gasteiger partial charge in [0.05, 0.1) is 6.61 Å². The third-order valence-electron chi connectivity index (χ3n) is 3.41. The van der Waals surface area contributed by atoms with Crippen molar-refractivity contribution in [3.8, 4) is 0 Å². The molecule has 1 aliphatic rings. The van der Waals surface area contributed by atoms with Crippen LogP contribution in [0, 0.1) is 11.7 Å². The number of ether oxygens (including phenoxy) is 1. The van der Waals surface area contributed by atoms with Crippen LogP contribution in [-0.2, 0) is 14.8 Å². The average Bonchev–Trinajstić information content (AvgIpc) is 2.91. The summed E-state index contributed by atoms with van der Waals surface area (Å²) in [6.45, 7) is 3.55. The topological polar surface area (TPSA) is 72.6 Å². The minimum Gasteiger partial charge on any atom is -0.399 e. The molecule has 0 radical (unpaired) electrons. The predicted molar refractivity (Wildman–Crippen MR) is 74.2 cm³/mol. The summed E-state index contributed by atoms with van der Waals surface area (Å²) in [6.07, 6.45) is 0.825. The van der Waals surface area contributed by atoms with Crippen molar-refractivity contribution in [2.45, 2.75) is 18.2 Å². The first-order valence-corrected chi connectivity index (χ1v) is 8.02. The Bertz CT molecular complexity index is 571. The maximum atomic E-state index is 13.8. The molecule has 1 fully saturated rings. The van der Waals surface area contributed by atoms with Gasteiger partial charge in [-0.3, -0.25) is 0 Å². The van der Waals surface area contributed by atoms with Crippen molar-refractivity contribution in [2.75, 3.05) is 32.0 Å². The van der Waals surface area contributed by atoms with Crippen LogP contribution in [-0.4, -0.2) is 39.0 Å². The molecule has 0 bridgehead atoms. The summed E-state index contributed by atoms with van der Waals surface area (Å²) in [5.74, 6) is -0.617. The van der Waals surface area contributed by atoms with Crippen molar-refractivity contribution in [2.24, 2.45) is 5.92 Å². The summed E-state index contributed by atoms with van der Waals surface area (Å²) in [5.41, 5.74) is 5.79. The van der Waals surface area contributed by atoms with Crippen molar-refractivity contribution in [3.63, 3.8) is 0 Å². The largest absolute Gasteiger partial charge is 0.399 e. The number of anilines is 1. The first-order chi connectivity index (χ1) is 9.45. The van der Waals surface area contributed by atoms with Crippen LogP contribution in [0.1, 0.15) is 13.3 Å². The average molecular weight is 302 g/mol. The van der Waals surface area contributed by atoms with Crippen LogP contribution in [0.25, 0.3) is 0 Å². The van der Waals surface area contributed by atoms with Crippen LogP contribution in [0.3, 0.4) is 0 Å². The Kier molecular flexibility index (Phi) is 4.62. The molecule has 1 aromatic carbocycles. The van der Waals surface area contributed by atoms with E-state index in [1.54, 1.807) is 6.92 Å². The Morgan fingerprint density at radius 2 is 2.25 bits per heavy atom. The highest BCUT2D eigenvalue weighted by molar-refractivity contribution is 7.89. The summed E-state index contributed by atoms with van der Waals surface area (Å²) in [7, 11) is -3.87. The van der Waals surface area contributed by atoms with Gasteiger partial charge in [0, 0.05) is 25.4 Å². The smallest absolute Gasteiger partial charge is 0.246 e. The fraction of sp³-hybridized carbons (Fsp3) is 0.538. The van der Waals surface area contributed by atoms with Gasteiger partial charge in [-0.2, -0.15) is 4.31 Å². The van der Waals surface area contributed by atoms with Gasteiger partial charge in [-0.15, -0.1) is 0 Å². The number of hydrogen-bond acceptors (Lipinski definition) is 4. The van der Waals surface area contributed by atoms with Crippen molar-refractivity contribution in [3.05, 3.63) is 24.0 Å². The van der Waals surface area contributed by atoms with E-state index in [9.17, 15) is 12.8 Å². The van der Waals surface area contributed by atoms with E-state index in [2.05, 4.69) is 0 Å². The number of nitrogens with zero attached hydrogens (tertiary/aromatic N) is 1. The molecule has 1 saturated heterocycles. The lowest BCUT2D eigenvalue weighted by Crippen LogP contribution is -2.36. The second-order valence-corrected chi connectivity index (χ2v) is 6.78. The molecule has 0 aromatic heterocycles. The van der Waals surface area contributed by atoms with Crippen molar-refractivity contribution >= 4 is 15.7 Å². The molecule has 1 aromatic rings. The van der Waals surface area contributed by atoms with E-state index in [4.69, 9.17) is 10.5 Å². The summed E-state index contributed by atoms with van der Waals surface area (Å²) < 4.78 is 45.3. The highest BCUT2D eigenvalue weighted by Crippen LogP contribution is 2.24. The molecular formula is C13H19FN2O3S. The zero-order valence-electron chi connectivity index (χ0n) is 11.4. The number of nitrogen functional groups attached to an aromatic ring is 1. The Morgan fingerprint density at radius 3 is 2.85 bits per heavy atom. The van der Waals surface area contributed by atoms with E-state index in [-0.39, 0.29) is 23.0 Å². The molecule has 1 heterocycles. The van der Waals surface area contributed by atoms with Gasteiger partial charge >= 0.3 is 0 Å². The molecule has 112 valence electrons. The third kappa shape index (κ3) is 3.11. The summed E-state index contributed by atoms with van der Waals surface area (Å²) in [4.78, 5) is -0.363. The zero-order chi connectivity index (χ0) is 14.8. The summed E-state index contributed by atoms with van der Waals surface area (Å²) in [6, 6.07) is 3.59. The molecule has 7 heteroatoms. The maximum Gasteiger partial charge on any atom is 0.246 e. The van der Waals surface area contributed by atoms with Crippen molar-refractivity contribution in [1.29, 1.82) is 0 Å². The molecule has 0 saturated carbocycles. The Morgan fingerprint density at radius 1 is 1.50 bits per heavy atom. The fourth-order valence-corrected chi connectivity index (χ4v) is 3.89. The predicted octanol–water partition coefficient (Wildman–Crippen LogP) is 1.45. The number of sulfonamides is 1. The van der Waals surface area contributed by atoms with Gasteiger partial charge in [0.25, 0.3) is 0 Å². The number of halogens is 1. The van der Waals surface area contributed by atoms with Crippen LogP contribution >= 0.6 is 0 Å². The Labute approximate surface area is 118 Å². The fourth-order valence-electron chi connectivity index (χ4n) is 2.27. The first-order valence-electron chi connectivity index (χ1n) is 6.58. The van der Waals surface area contributed by atoms with Crippen LogP contribution in [0.2, 0.25) is 0 Å². The van der Waals surface area contributed by atoms with Gasteiger partial charge in [-0.25, -0.2) is 12.8 Å². The highest BCUT2D eigenvalue weighted by atomic mass is 32.2. The second kappa shape index (κ2) is 6.07. The molecule has 2 N–H and O–H groups in total. The highest BCUT2D eigenvalue weighted by Gasteiger charge is 2.29. The van der Waals surface area contributed by atoms with Gasteiger partial charge in [-0.1, -0.05) is 6.92 Å². The number of benzene rings is 1. The van der Waals surface area contributed by atoms with Gasteiger partial charge in [0.1, 0.15) is 10.7 Å². The standard InChI is InChI=1S/C13H19FN2O3S/c1-2-16(8-10-5-6-19-9-10)20(17,18)13-7-11(15)3-4-12(13)14/h3-4,7,10H,2,5-6,8-9,15H2,1H3. The van der Waals surface area contributed by atoms with Gasteiger partial charge in [0.15, 0.2) is 0 Å². The lowest BCUT2D eigenvalue weighted by atomic mass is 10.1. The normalized spacial score (nSPS) is 19.6. The molecule has 1 unspecified atom stereocenters. The molecular weight excluding hydrogens is 283 g/mol. The van der Waals surface area contributed by atoms with Crippen molar-refractivity contribution < 1.29 is 17.5 Å². The molecule has 2 rings (SSSR count). The van der Waals surface area contributed by atoms with E-state index in [0.29, 0.717) is 19.8 Å². The van der Waals surface area contributed by atoms with Gasteiger partial charge in [-0.05, 0) is 30.5 Å².